The van der Waals surface area contributed by atoms with E-state index in [1.807, 2.05) is 19.9 Å². The molecule has 4 heteroatoms. The number of amides is 1. The molecule has 1 unspecified atom stereocenters. The minimum Gasteiger partial charge on any atom is -0.330 e. The van der Waals surface area contributed by atoms with Crippen molar-refractivity contribution in [2.24, 2.45) is 5.73 Å². The van der Waals surface area contributed by atoms with Crippen molar-refractivity contribution >= 4 is 11.6 Å². The highest BCUT2D eigenvalue weighted by atomic mass is 16.2. The van der Waals surface area contributed by atoms with Gasteiger partial charge in [-0.15, -0.1) is 0 Å². The zero-order chi connectivity index (χ0) is 12.4. The Kier molecular flexibility index (Phi) is 3.45. The lowest BCUT2D eigenvalue weighted by Crippen LogP contribution is -2.29. The molecule has 4 nitrogen and oxygen atoms in total. The summed E-state index contributed by atoms with van der Waals surface area (Å²) in [5.41, 5.74) is 9.78. The van der Waals surface area contributed by atoms with E-state index >= 15 is 0 Å². The number of carbonyl (C=O) groups excluding carboxylic acids is 1. The van der Waals surface area contributed by atoms with Gasteiger partial charge in [0.25, 0.3) is 0 Å². The molecule has 0 radical (unpaired) electrons. The van der Waals surface area contributed by atoms with E-state index < -0.39 is 0 Å². The van der Waals surface area contributed by atoms with E-state index in [-0.39, 0.29) is 11.9 Å². The van der Waals surface area contributed by atoms with Gasteiger partial charge in [0, 0.05) is 11.3 Å². The average molecular weight is 233 g/mol. The first-order valence-corrected chi connectivity index (χ1v) is 5.99. The van der Waals surface area contributed by atoms with Gasteiger partial charge in [-0.2, -0.15) is 0 Å². The molecule has 1 atom stereocenters. The fourth-order valence-corrected chi connectivity index (χ4v) is 2.24. The van der Waals surface area contributed by atoms with Gasteiger partial charge in [0.1, 0.15) is 6.04 Å². The van der Waals surface area contributed by atoms with Crippen molar-refractivity contribution in [3.63, 3.8) is 0 Å². The fourth-order valence-electron chi connectivity index (χ4n) is 2.24. The fraction of sp³-hybridized carbons (Fsp3) is 0.462. The summed E-state index contributed by atoms with van der Waals surface area (Å²) >= 11 is 0. The number of aryl methyl sites for hydroxylation is 2. The number of rotatable bonds is 4. The van der Waals surface area contributed by atoms with E-state index in [0.717, 1.165) is 35.3 Å². The van der Waals surface area contributed by atoms with E-state index in [4.69, 9.17) is 5.73 Å². The number of anilines is 1. The van der Waals surface area contributed by atoms with Gasteiger partial charge in [-0.3, -0.25) is 4.79 Å². The summed E-state index contributed by atoms with van der Waals surface area (Å²) in [6, 6.07) is 3.87. The number of hydrogen-bond acceptors (Lipinski definition) is 3. The molecule has 2 rings (SSSR count). The van der Waals surface area contributed by atoms with Gasteiger partial charge in [-0.25, -0.2) is 0 Å². The van der Waals surface area contributed by atoms with Gasteiger partial charge in [-0.05, 0) is 44.5 Å². The van der Waals surface area contributed by atoms with Crippen molar-refractivity contribution in [2.45, 2.75) is 26.3 Å². The van der Waals surface area contributed by atoms with Gasteiger partial charge in [0.05, 0.1) is 0 Å². The summed E-state index contributed by atoms with van der Waals surface area (Å²) in [6.45, 7) is 5.46. The number of carbonyl (C=O) groups is 1. The molecule has 0 saturated carbocycles. The normalized spacial score (nSPS) is 18.1. The minimum atomic E-state index is -0.226. The van der Waals surface area contributed by atoms with Crippen molar-refractivity contribution in [3.05, 3.63) is 28.8 Å². The molecule has 1 heterocycles. The third kappa shape index (κ3) is 2.18. The van der Waals surface area contributed by atoms with Crippen LogP contribution >= 0.6 is 0 Å². The summed E-state index contributed by atoms with van der Waals surface area (Å²) in [4.78, 5) is 11.9. The maximum atomic E-state index is 11.9. The van der Waals surface area contributed by atoms with Crippen LogP contribution in [0.25, 0.3) is 0 Å². The second-order valence-corrected chi connectivity index (χ2v) is 4.51. The molecule has 0 aliphatic carbocycles. The van der Waals surface area contributed by atoms with Crippen molar-refractivity contribution in [1.29, 1.82) is 0 Å². The SMILES string of the molecule is Cc1ccc(C)c2c1NC(=O)C2NCCCN. The molecule has 0 aromatic heterocycles. The Morgan fingerprint density at radius 3 is 2.76 bits per heavy atom. The highest BCUT2D eigenvalue weighted by Gasteiger charge is 2.32. The smallest absolute Gasteiger partial charge is 0.246 e. The van der Waals surface area contributed by atoms with Crippen LogP contribution in [0.5, 0.6) is 0 Å². The lowest BCUT2D eigenvalue weighted by atomic mass is 9.99. The number of hydrogen-bond donors (Lipinski definition) is 3. The van der Waals surface area contributed by atoms with Crippen molar-refractivity contribution in [2.75, 3.05) is 18.4 Å². The topological polar surface area (TPSA) is 67.2 Å². The average Bonchev–Trinajstić information content (AvgIpc) is 2.63. The Labute approximate surface area is 102 Å². The minimum absolute atomic E-state index is 0.0365. The van der Waals surface area contributed by atoms with E-state index in [0.29, 0.717) is 6.54 Å². The molecule has 17 heavy (non-hydrogen) atoms. The van der Waals surface area contributed by atoms with E-state index in [9.17, 15) is 4.79 Å². The van der Waals surface area contributed by atoms with E-state index in [2.05, 4.69) is 16.7 Å². The Morgan fingerprint density at radius 1 is 1.35 bits per heavy atom. The van der Waals surface area contributed by atoms with E-state index in [1.54, 1.807) is 0 Å². The van der Waals surface area contributed by atoms with Crippen LogP contribution in [0, 0.1) is 13.8 Å². The third-order valence-electron chi connectivity index (χ3n) is 3.20. The summed E-state index contributed by atoms with van der Waals surface area (Å²) < 4.78 is 0. The first kappa shape index (κ1) is 12.1. The Bertz CT molecular complexity index is 443. The predicted molar refractivity (Wildman–Crippen MR) is 69.0 cm³/mol. The highest BCUT2D eigenvalue weighted by Crippen LogP contribution is 2.35. The van der Waals surface area contributed by atoms with Crippen molar-refractivity contribution in [3.8, 4) is 0 Å². The first-order chi connectivity index (χ1) is 8.15. The van der Waals surface area contributed by atoms with Crippen LogP contribution in [-0.2, 0) is 4.79 Å². The molecule has 1 amide bonds. The van der Waals surface area contributed by atoms with Gasteiger partial charge in [0.2, 0.25) is 5.91 Å². The molecular weight excluding hydrogens is 214 g/mol. The number of fused-ring (bicyclic) bond motifs is 1. The third-order valence-corrected chi connectivity index (χ3v) is 3.20. The zero-order valence-electron chi connectivity index (χ0n) is 10.3. The van der Waals surface area contributed by atoms with Gasteiger partial charge in [0.15, 0.2) is 0 Å². The standard InChI is InChI=1S/C13H19N3O/c1-8-4-5-9(2)11-10(8)12(13(17)16-11)15-7-3-6-14/h4-5,12,15H,3,6-7,14H2,1-2H3,(H,16,17). The molecule has 0 saturated heterocycles. The van der Waals surface area contributed by atoms with Crippen LogP contribution in [-0.4, -0.2) is 19.0 Å². The Morgan fingerprint density at radius 2 is 2.06 bits per heavy atom. The summed E-state index contributed by atoms with van der Waals surface area (Å²) in [5.74, 6) is 0.0365. The molecular formula is C13H19N3O. The quantitative estimate of drug-likeness (QED) is 0.685. The zero-order valence-corrected chi connectivity index (χ0v) is 10.3. The molecule has 1 aliphatic rings. The lowest BCUT2D eigenvalue weighted by molar-refractivity contribution is -0.117. The second kappa shape index (κ2) is 4.85. The van der Waals surface area contributed by atoms with Crippen LogP contribution in [0.2, 0.25) is 0 Å². The van der Waals surface area contributed by atoms with Gasteiger partial charge < -0.3 is 16.4 Å². The summed E-state index contributed by atoms with van der Waals surface area (Å²) in [5, 5.41) is 6.22. The molecule has 1 aromatic carbocycles. The summed E-state index contributed by atoms with van der Waals surface area (Å²) in [7, 11) is 0. The van der Waals surface area contributed by atoms with E-state index in [1.165, 1.54) is 0 Å². The van der Waals surface area contributed by atoms with Crippen molar-refractivity contribution in [1.82, 2.24) is 5.32 Å². The monoisotopic (exact) mass is 233 g/mol. The number of nitrogens with one attached hydrogen (secondary N) is 2. The number of benzene rings is 1. The van der Waals surface area contributed by atoms with Crippen LogP contribution in [0.1, 0.15) is 29.2 Å². The molecule has 0 fully saturated rings. The molecule has 92 valence electrons. The molecule has 0 bridgehead atoms. The van der Waals surface area contributed by atoms with Crippen molar-refractivity contribution < 1.29 is 4.79 Å². The predicted octanol–water partition coefficient (Wildman–Crippen LogP) is 1.24. The first-order valence-electron chi connectivity index (χ1n) is 5.99. The van der Waals surface area contributed by atoms with Crippen LogP contribution in [0.3, 0.4) is 0 Å². The van der Waals surface area contributed by atoms with Crippen LogP contribution < -0.4 is 16.4 Å². The van der Waals surface area contributed by atoms with Crippen LogP contribution in [0.15, 0.2) is 12.1 Å². The molecule has 1 aromatic rings. The maximum Gasteiger partial charge on any atom is 0.246 e. The van der Waals surface area contributed by atoms with Crippen LogP contribution in [0.4, 0.5) is 5.69 Å². The van der Waals surface area contributed by atoms with Gasteiger partial charge in [-0.1, -0.05) is 12.1 Å². The molecule has 1 aliphatic heterocycles. The number of nitrogens with two attached hydrogens (primary N) is 1. The summed E-state index contributed by atoms with van der Waals surface area (Å²) in [6.07, 6.45) is 0.879. The molecule has 0 spiro atoms. The highest BCUT2D eigenvalue weighted by molar-refractivity contribution is 6.03. The van der Waals surface area contributed by atoms with Gasteiger partial charge >= 0.3 is 0 Å². The Balaban J connectivity index is 2.26. The largest absolute Gasteiger partial charge is 0.330 e. The second-order valence-electron chi connectivity index (χ2n) is 4.51. The maximum absolute atomic E-state index is 11.9. The lowest BCUT2D eigenvalue weighted by Gasteiger charge is -2.13. The molecule has 4 N–H and O–H groups in total. The Hall–Kier alpha value is -1.39.